The highest BCUT2D eigenvalue weighted by molar-refractivity contribution is 5.85. The Morgan fingerprint density at radius 1 is 1.25 bits per heavy atom. The van der Waals surface area contributed by atoms with E-state index in [0.717, 1.165) is 13.0 Å². The van der Waals surface area contributed by atoms with Gasteiger partial charge < -0.3 is 11.1 Å². The van der Waals surface area contributed by atoms with Gasteiger partial charge in [-0.25, -0.2) is 0 Å². The van der Waals surface area contributed by atoms with Gasteiger partial charge in [-0.1, -0.05) is 30.3 Å². The number of amides is 1. The molecule has 1 aromatic rings. The number of nitrogens with two attached hydrogens (primary N) is 1. The number of rotatable bonds is 2. The van der Waals surface area contributed by atoms with Crippen LogP contribution in [0.4, 0.5) is 0 Å². The maximum atomic E-state index is 10.9. The standard InChI is InChI=1S/C11H14N2O.2ClH/c12-11(14)10-6-9(7-13-10)8-4-2-1-3-5-8;;/h1-5,9-10,13H,6-7H2,(H2,12,14);2*1H. The molecule has 5 heteroatoms. The van der Waals surface area contributed by atoms with Gasteiger partial charge in [0.1, 0.15) is 0 Å². The van der Waals surface area contributed by atoms with Gasteiger partial charge in [0.2, 0.25) is 5.91 Å². The molecule has 1 aliphatic heterocycles. The number of nitrogens with one attached hydrogen (secondary N) is 1. The number of benzene rings is 1. The molecule has 1 fully saturated rings. The van der Waals surface area contributed by atoms with Gasteiger partial charge in [-0.15, -0.1) is 24.8 Å². The highest BCUT2D eigenvalue weighted by atomic mass is 35.5. The highest BCUT2D eigenvalue weighted by Crippen LogP contribution is 2.24. The zero-order chi connectivity index (χ0) is 9.97. The van der Waals surface area contributed by atoms with Crippen molar-refractivity contribution in [3.63, 3.8) is 0 Å². The number of halogens is 2. The van der Waals surface area contributed by atoms with E-state index in [1.165, 1.54) is 5.56 Å². The monoisotopic (exact) mass is 262 g/mol. The number of carbonyl (C=O) groups excluding carboxylic acids is 1. The molecule has 1 aromatic carbocycles. The molecule has 2 unspecified atom stereocenters. The van der Waals surface area contributed by atoms with Crippen molar-refractivity contribution in [2.24, 2.45) is 5.73 Å². The minimum atomic E-state index is -0.247. The van der Waals surface area contributed by atoms with Crippen molar-refractivity contribution in [2.45, 2.75) is 18.4 Å². The van der Waals surface area contributed by atoms with Gasteiger partial charge in [0.25, 0.3) is 0 Å². The van der Waals surface area contributed by atoms with Crippen LogP contribution in [0.25, 0.3) is 0 Å². The van der Waals surface area contributed by atoms with E-state index in [0.29, 0.717) is 5.92 Å². The van der Waals surface area contributed by atoms with E-state index in [4.69, 9.17) is 5.73 Å². The average molecular weight is 263 g/mol. The normalized spacial score (nSPS) is 23.0. The van der Waals surface area contributed by atoms with Crippen LogP contribution in [0.1, 0.15) is 17.9 Å². The first-order valence-corrected chi connectivity index (χ1v) is 4.85. The third-order valence-corrected chi connectivity index (χ3v) is 2.75. The Labute approximate surface area is 108 Å². The molecule has 90 valence electrons. The van der Waals surface area contributed by atoms with E-state index in [9.17, 15) is 4.79 Å². The third kappa shape index (κ3) is 3.37. The van der Waals surface area contributed by atoms with Crippen molar-refractivity contribution in [1.82, 2.24) is 5.32 Å². The summed E-state index contributed by atoms with van der Waals surface area (Å²) in [5.74, 6) is 0.178. The van der Waals surface area contributed by atoms with Crippen LogP contribution in [0.2, 0.25) is 0 Å². The van der Waals surface area contributed by atoms with Gasteiger partial charge >= 0.3 is 0 Å². The van der Waals surface area contributed by atoms with Crippen LogP contribution in [0.15, 0.2) is 30.3 Å². The molecule has 1 heterocycles. The number of primary amides is 1. The first kappa shape index (κ1) is 15.2. The molecule has 1 amide bonds. The van der Waals surface area contributed by atoms with Crippen molar-refractivity contribution in [3.8, 4) is 0 Å². The predicted octanol–water partition coefficient (Wildman–Crippen LogP) is 1.46. The molecule has 3 N–H and O–H groups in total. The number of carbonyl (C=O) groups is 1. The molecule has 0 spiro atoms. The second-order valence-corrected chi connectivity index (χ2v) is 3.71. The number of hydrogen-bond donors (Lipinski definition) is 2. The van der Waals surface area contributed by atoms with Crippen LogP contribution in [0.5, 0.6) is 0 Å². The molecule has 0 saturated carbocycles. The topological polar surface area (TPSA) is 55.1 Å². The Morgan fingerprint density at radius 2 is 1.88 bits per heavy atom. The van der Waals surface area contributed by atoms with Gasteiger partial charge in [-0.05, 0) is 17.9 Å². The summed E-state index contributed by atoms with van der Waals surface area (Å²) in [6, 6.07) is 10.1. The van der Waals surface area contributed by atoms with E-state index < -0.39 is 0 Å². The Balaban J connectivity index is 0.00000112. The van der Waals surface area contributed by atoms with E-state index in [2.05, 4.69) is 17.4 Å². The van der Waals surface area contributed by atoms with Crippen molar-refractivity contribution < 1.29 is 4.79 Å². The van der Waals surface area contributed by atoms with Gasteiger partial charge in [0.05, 0.1) is 6.04 Å². The van der Waals surface area contributed by atoms with Gasteiger partial charge in [0, 0.05) is 6.54 Å². The SMILES string of the molecule is Cl.Cl.NC(=O)C1CC(c2ccccc2)CN1. The lowest BCUT2D eigenvalue weighted by molar-refractivity contribution is -0.119. The maximum Gasteiger partial charge on any atom is 0.234 e. The Kier molecular flexibility index (Phi) is 6.41. The van der Waals surface area contributed by atoms with E-state index in [-0.39, 0.29) is 36.8 Å². The van der Waals surface area contributed by atoms with Gasteiger partial charge in [-0.2, -0.15) is 0 Å². The minimum Gasteiger partial charge on any atom is -0.368 e. The predicted molar refractivity (Wildman–Crippen MR) is 69.3 cm³/mol. The van der Waals surface area contributed by atoms with Crippen LogP contribution < -0.4 is 11.1 Å². The summed E-state index contributed by atoms with van der Waals surface area (Å²) in [5.41, 5.74) is 6.52. The molecule has 1 saturated heterocycles. The zero-order valence-corrected chi connectivity index (χ0v) is 10.4. The van der Waals surface area contributed by atoms with Crippen LogP contribution in [0, 0.1) is 0 Å². The van der Waals surface area contributed by atoms with Crippen molar-refractivity contribution in [2.75, 3.05) is 6.54 Å². The lowest BCUT2D eigenvalue weighted by Gasteiger charge is -2.07. The Morgan fingerprint density at radius 3 is 2.38 bits per heavy atom. The fourth-order valence-electron chi connectivity index (χ4n) is 1.93. The summed E-state index contributed by atoms with van der Waals surface area (Å²) in [4.78, 5) is 10.9. The smallest absolute Gasteiger partial charge is 0.234 e. The molecule has 2 atom stereocenters. The molecular weight excluding hydrogens is 247 g/mol. The number of hydrogen-bond acceptors (Lipinski definition) is 2. The second-order valence-electron chi connectivity index (χ2n) is 3.71. The summed E-state index contributed by atoms with van der Waals surface area (Å²) < 4.78 is 0. The van der Waals surface area contributed by atoms with E-state index in [1.54, 1.807) is 0 Å². The summed E-state index contributed by atoms with van der Waals surface area (Å²) in [6.45, 7) is 0.845. The minimum absolute atomic E-state index is 0. The molecule has 16 heavy (non-hydrogen) atoms. The summed E-state index contributed by atoms with van der Waals surface area (Å²) in [6.07, 6.45) is 0.819. The van der Waals surface area contributed by atoms with Crippen molar-refractivity contribution in [3.05, 3.63) is 35.9 Å². The Hall–Kier alpha value is -0.770. The van der Waals surface area contributed by atoms with Crippen LogP contribution in [0.3, 0.4) is 0 Å². The molecule has 2 rings (SSSR count). The fraction of sp³-hybridized carbons (Fsp3) is 0.364. The van der Waals surface area contributed by atoms with E-state index >= 15 is 0 Å². The van der Waals surface area contributed by atoms with Crippen molar-refractivity contribution in [1.29, 1.82) is 0 Å². The molecule has 0 radical (unpaired) electrons. The quantitative estimate of drug-likeness (QED) is 0.848. The summed E-state index contributed by atoms with van der Waals surface area (Å²) in [5, 5.41) is 3.13. The first-order valence-electron chi connectivity index (χ1n) is 4.85. The first-order chi connectivity index (χ1) is 6.77. The molecule has 0 aromatic heterocycles. The zero-order valence-electron chi connectivity index (χ0n) is 8.76. The van der Waals surface area contributed by atoms with Crippen LogP contribution in [-0.2, 0) is 4.79 Å². The second kappa shape index (κ2) is 6.74. The molecule has 0 aliphatic carbocycles. The Bertz CT molecular complexity index is 332. The maximum absolute atomic E-state index is 10.9. The molecule has 3 nitrogen and oxygen atoms in total. The third-order valence-electron chi connectivity index (χ3n) is 2.75. The average Bonchev–Trinajstić information content (AvgIpc) is 2.68. The fourth-order valence-corrected chi connectivity index (χ4v) is 1.93. The van der Waals surface area contributed by atoms with Crippen LogP contribution in [-0.4, -0.2) is 18.5 Å². The largest absolute Gasteiger partial charge is 0.368 e. The van der Waals surface area contributed by atoms with Gasteiger partial charge in [0.15, 0.2) is 0 Å². The summed E-state index contributed by atoms with van der Waals surface area (Å²) in [7, 11) is 0. The lowest BCUT2D eigenvalue weighted by atomic mass is 9.96. The van der Waals surface area contributed by atoms with Crippen LogP contribution >= 0.6 is 24.8 Å². The molecule has 1 aliphatic rings. The highest BCUT2D eigenvalue weighted by Gasteiger charge is 2.28. The molecule has 0 bridgehead atoms. The van der Waals surface area contributed by atoms with Crippen molar-refractivity contribution >= 4 is 30.7 Å². The summed E-state index contributed by atoms with van der Waals surface area (Å²) >= 11 is 0. The van der Waals surface area contributed by atoms with Gasteiger partial charge in [-0.3, -0.25) is 4.79 Å². The molecular formula is C11H16Cl2N2O. The lowest BCUT2D eigenvalue weighted by Crippen LogP contribution is -2.36. The van der Waals surface area contributed by atoms with E-state index in [1.807, 2.05) is 18.2 Å².